The summed E-state index contributed by atoms with van der Waals surface area (Å²) >= 11 is 5.54. The number of benzene rings is 1. The van der Waals surface area contributed by atoms with Crippen LogP contribution in [0.1, 0.15) is 0 Å². The van der Waals surface area contributed by atoms with Crippen molar-refractivity contribution in [2.75, 3.05) is 0 Å². The van der Waals surface area contributed by atoms with Crippen molar-refractivity contribution in [3.63, 3.8) is 0 Å². The molecule has 1 aromatic rings. The second-order valence-corrected chi connectivity index (χ2v) is 3.51. The second kappa shape index (κ2) is 3.46. The zero-order chi connectivity index (χ0) is 9.19. The van der Waals surface area contributed by atoms with E-state index < -0.39 is 7.82 Å². The van der Waals surface area contributed by atoms with E-state index >= 15 is 0 Å². The Hall–Kier alpha value is -0.540. The zero-order valence-electron chi connectivity index (χ0n) is 5.77. The molecular weight excluding hydrogens is 202 g/mol. The van der Waals surface area contributed by atoms with Gasteiger partial charge in [0.25, 0.3) is 0 Å². The van der Waals surface area contributed by atoms with Crippen LogP contribution in [0.2, 0.25) is 5.02 Å². The van der Waals surface area contributed by atoms with Crippen molar-refractivity contribution in [2.45, 2.75) is 0 Å². The summed E-state index contributed by atoms with van der Waals surface area (Å²) < 4.78 is 14.6. The van der Waals surface area contributed by atoms with Gasteiger partial charge >= 0.3 is 7.82 Å². The van der Waals surface area contributed by atoms with E-state index in [0.717, 1.165) is 0 Å². The Morgan fingerprint density at radius 1 is 1.58 bits per heavy atom. The highest BCUT2D eigenvalue weighted by molar-refractivity contribution is 7.46. The Morgan fingerprint density at radius 2 is 2.25 bits per heavy atom. The van der Waals surface area contributed by atoms with Crippen LogP contribution in [-0.2, 0) is 4.57 Å². The number of halogens is 1. The summed E-state index contributed by atoms with van der Waals surface area (Å²) in [5, 5.41) is 0.136. The number of hydrogen-bond donors (Lipinski definition) is 2. The van der Waals surface area contributed by atoms with Gasteiger partial charge in [-0.15, -0.1) is 0 Å². The maximum absolute atomic E-state index is 10.4. The Kier molecular flexibility index (Phi) is 2.75. The van der Waals surface area contributed by atoms with E-state index in [0.29, 0.717) is 0 Å². The normalized spacial score (nSPS) is 11.2. The zero-order valence-corrected chi connectivity index (χ0v) is 7.42. The first-order chi connectivity index (χ1) is 5.49. The highest BCUT2D eigenvalue weighted by Gasteiger charge is 2.17. The Balaban J connectivity index is 2.90. The predicted molar refractivity (Wildman–Crippen MR) is 43.0 cm³/mol. The smallest absolute Gasteiger partial charge is 0.403 e. The van der Waals surface area contributed by atoms with E-state index in [1.54, 1.807) is 0 Å². The van der Waals surface area contributed by atoms with Crippen molar-refractivity contribution in [2.24, 2.45) is 0 Å². The van der Waals surface area contributed by atoms with Gasteiger partial charge in [-0.3, -0.25) is 9.79 Å². The van der Waals surface area contributed by atoms with Gasteiger partial charge in [0.1, 0.15) is 0 Å². The molecule has 1 rings (SSSR count). The van der Waals surface area contributed by atoms with E-state index in [-0.39, 0.29) is 10.8 Å². The fourth-order valence-electron chi connectivity index (χ4n) is 0.594. The third-order valence-corrected chi connectivity index (χ3v) is 1.74. The topological polar surface area (TPSA) is 66.8 Å². The number of phosphoric ester groups is 1. The first-order valence-electron chi connectivity index (χ1n) is 2.90. The fraction of sp³-hybridized carbons (Fsp3) is 0. The van der Waals surface area contributed by atoms with Crippen LogP contribution < -0.4 is 4.52 Å². The molecule has 0 aromatic heterocycles. The lowest BCUT2D eigenvalue weighted by Gasteiger charge is -2.06. The monoisotopic (exact) mass is 207 g/mol. The molecule has 0 bridgehead atoms. The van der Waals surface area contributed by atoms with Gasteiger partial charge in [-0.1, -0.05) is 17.7 Å². The molecule has 0 saturated carbocycles. The molecule has 0 saturated heterocycles. The molecule has 0 aliphatic carbocycles. The Morgan fingerprint density at radius 3 is 2.75 bits per heavy atom. The van der Waals surface area contributed by atoms with Gasteiger partial charge in [0, 0.05) is 0 Å². The molecule has 65 valence electrons. The predicted octanol–water partition coefficient (Wildman–Crippen LogP) is 1.61. The van der Waals surface area contributed by atoms with Crippen molar-refractivity contribution < 1.29 is 18.9 Å². The van der Waals surface area contributed by atoms with Crippen LogP contribution in [-0.4, -0.2) is 9.79 Å². The van der Waals surface area contributed by atoms with E-state index in [1.807, 2.05) is 0 Å². The first kappa shape index (κ1) is 9.55. The molecule has 1 aromatic carbocycles. The third kappa shape index (κ3) is 2.83. The molecule has 0 amide bonds. The van der Waals surface area contributed by atoms with Gasteiger partial charge in [-0.05, 0) is 18.2 Å². The van der Waals surface area contributed by atoms with E-state index in [9.17, 15) is 4.57 Å². The maximum Gasteiger partial charge on any atom is 0.524 e. The van der Waals surface area contributed by atoms with Crippen molar-refractivity contribution in [1.82, 2.24) is 0 Å². The summed E-state index contributed by atoms with van der Waals surface area (Å²) in [7, 11) is -4.52. The molecule has 0 aliphatic heterocycles. The third-order valence-electron chi connectivity index (χ3n) is 0.993. The molecule has 0 atom stereocenters. The first-order valence-corrected chi connectivity index (χ1v) is 4.80. The molecule has 0 aliphatic rings. The minimum atomic E-state index is -4.52. The van der Waals surface area contributed by atoms with Crippen molar-refractivity contribution in [1.29, 1.82) is 0 Å². The van der Waals surface area contributed by atoms with Gasteiger partial charge in [-0.25, -0.2) is 4.57 Å². The number of phosphoric acid groups is 1. The molecule has 0 heterocycles. The van der Waals surface area contributed by atoms with Gasteiger partial charge in [0.05, 0.1) is 5.02 Å². The van der Waals surface area contributed by atoms with Crippen molar-refractivity contribution in [3.05, 3.63) is 29.3 Å². The fourth-order valence-corrected chi connectivity index (χ4v) is 1.21. The maximum atomic E-state index is 10.4. The average Bonchev–Trinajstić information content (AvgIpc) is 1.91. The summed E-state index contributed by atoms with van der Waals surface area (Å²) in [6.07, 6.45) is 0. The minimum Gasteiger partial charge on any atom is -0.403 e. The summed E-state index contributed by atoms with van der Waals surface area (Å²) in [4.78, 5) is 16.8. The van der Waals surface area contributed by atoms with Crippen LogP contribution >= 0.6 is 19.4 Å². The minimum absolute atomic E-state index is 0.0764. The van der Waals surface area contributed by atoms with Crippen LogP contribution in [0.3, 0.4) is 0 Å². The van der Waals surface area contributed by atoms with Crippen molar-refractivity contribution in [3.8, 4) is 5.75 Å². The summed E-state index contributed by atoms with van der Waals surface area (Å²) in [5.41, 5.74) is 0. The molecule has 4 nitrogen and oxygen atoms in total. The second-order valence-electron chi connectivity index (χ2n) is 1.94. The summed E-state index contributed by atoms with van der Waals surface area (Å²) in [5.74, 6) is -0.0764. The van der Waals surface area contributed by atoms with Crippen LogP contribution in [0.25, 0.3) is 0 Å². The lowest BCUT2D eigenvalue weighted by atomic mass is 10.3. The molecular formula is C6H5ClO4P. The van der Waals surface area contributed by atoms with E-state index in [4.69, 9.17) is 21.4 Å². The quantitative estimate of drug-likeness (QED) is 0.723. The summed E-state index contributed by atoms with van der Waals surface area (Å²) in [6, 6.07) is 6.75. The van der Waals surface area contributed by atoms with E-state index in [2.05, 4.69) is 10.6 Å². The summed E-state index contributed by atoms with van der Waals surface area (Å²) in [6.45, 7) is 0. The highest BCUT2D eigenvalue weighted by Crippen LogP contribution is 2.40. The number of rotatable bonds is 2. The van der Waals surface area contributed by atoms with Crippen LogP contribution in [0.4, 0.5) is 0 Å². The SMILES string of the molecule is O=P(O)(O)Oc1c[c]ccc1Cl. The van der Waals surface area contributed by atoms with Crippen LogP contribution in [0.15, 0.2) is 18.2 Å². The molecule has 6 heteroatoms. The number of hydrogen-bond acceptors (Lipinski definition) is 2. The standard InChI is InChI=1S/C6H5ClO4P/c7-5-3-1-2-4-6(5)11-12(8,9)10/h1,3-4H,(H2,8,9,10). The lowest BCUT2D eigenvalue weighted by Crippen LogP contribution is -1.90. The molecule has 0 unspecified atom stereocenters. The largest absolute Gasteiger partial charge is 0.524 e. The molecule has 2 N–H and O–H groups in total. The van der Waals surface area contributed by atoms with Gasteiger partial charge in [0.2, 0.25) is 0 Å². The van der Waals surface area contributed by atoms with Gasteiger partial charge < -0.3 is 4.52 Å². The Labute approximate surface area is 74.0 Å². The van der Waals surface area contributed by atoms with Gasteiger partial charge in [-0.2, -0.15) is 0 Å². The lowest BCUT2D eigenvalue weighted by molar-refractivity contribution is 0.283. The molecule has 0 fully saturated rings. The molecule has 0 spiro atoms. The molecule has 1 radical (unpaired) electrons. The highest BCUT2D eigenvalue weighted by atomic mass is 35.5. The van der Waals surface area contributed by atoms with Gasteiger partial charge in [0.15, 0.2) is 5.75 Å². The average molecular weight is 208 g/mol. The van der Waals surface area contributed by atoms with Crippen molar-refractivity contribution >= 4 is 19.4 Å². The van der Waals surface area contributed by atoms with Crippen LogP contribution in [0.5, 0.6) is 5.75 Å². The molecule has 12 heavy (non-hydrogen) atoms. The Bertz CT molecular complexity index is 321. The van der Waals surface area contributed by atoms with E-state index in [1.165, 1.54) is 18.2 Å². The van der Waals surface area contributed by atoms with Crippen LogP contribution in [0, 0.1) is 6.07 Å².